The lowest BCUT2D eigenvalue weighted by molar-refractivity contribution is 0.0697. The highest BCUT2D eigenvalue weighted by Gasteiger charge is 2.16. The maximum absolute atomic E-state index is 13.3. The molecule has 0 saturated heterocycles. The number of nitrogens with zero attached hydrogens (tertiary/aromatic N) is 1. The highest BCUT2D eigenvalue weighted by Crippen LogP contribution is 2.26. The van der Waals surface area contributed by atoms with E-state index in [-0.39, 0.29) is 16.4 Å². The summed E-state index contributed by atoms with van der Waals surface area (Å²) in [5.41, 5.74) is 1.05. The number of hydrogen-bond donors (Lipinski definition) is 1. The average molecular weight is 366 g/mol. The highest BCUT2D eigenvalue weighted by molar-refractivity contribution is 6.32. The molecule has 5 nitrogen and oxygen atoms in total. The van der Waals surface area contributed by atoms with Gasteiger partial charge in [0, 0.05) is 31.3 Å². The molecule has 1 heterocycles. The van der Waals surface area contributed by atoms with E-state index in [0.717, 1.165) is 5.56 Å². The second-order valence-corrected chi connectivity index (χ2v) is 6.08. The van der Waals surface area contributed by atoms with Gasteiger partial charge in [-0.15, -0.1) is 0 Å². The number of carboxylic acids is 1. The lowest BCUT2D eigenvalue weighted by Crippen LogP contribution is -2.30. The first-order chi connectivity index (χ1) is 12.0. The van der Waals surface area contributed by atoms with Crippen LogP contribution < -0.4 is 9.47 Å². The van der Waals surface area contributed by atoms with Crippen molar-refractivity contribution in [1.82, 2.24) is 4.90 Å². The Kier molecular flexibility index (Phi) is 5.40. The summed E-state index contributed by atoms with van der Waals surface area (Å²) in [6.07, 6.45) is 0. The van der Waals surface area contributed by atoms with Gasteiger partial charge in [-0.05, 0) is 24.3 Å². The van der Waals surface area contributed by atoms with E-state index < -0.39 is 5.97 Å². The third-order valence-corrected chi connectivity index (χ3v) is 4.23. The summed E-state index contributed by atoms with van der Waals surface area (Å²) >= 11 is 6.05. The van der Waals surface area contributed by atoms with Gasteiger partial charge in [0.05, 0.1) is 10.6 Å². The zero-order valence-electron chi connectivity index (χ0n) is 13.4. The third kappa shape index (κ3) is 4.41. The zero-order valence-corrected chi connectivity index (χ0v) is 14.1. The SMILES string of the molecule is O=C(O)c1ccc(OCCN2CCOc3cc(F)ccc3C2)c(Cl)c1. The Labute approximate surface area is 149 Å². The quantitative estimate of drug-likeness (QED) is 0.879. The molecule has 0 fully saturated rings. The number of hydrogen-bond acceptors (Lipinski definition) is 4. The van der Waals surface area contributed by atoms with Crippen molar-refractivity contribution in [3.8, 4) is 11.5 Å². The normalized spacial score (nSPS) is 14.3. The van der Waals surface area contributed by atoms with Crippen LogP contribution in [0, 0.1) is 5.82 Å². The first kappa shape index (κ1) is 17.5. The summed E-state index contributed by atoms with van der Waals surface area (Å²) in [6.45, 7) is 2.85. The molecule has 2 aromatic carbocycles. The molecule has 0 aliphatic carbocycles. The molecule has 1 aliphatic heterocycles. The Morgan fingerprint density at radius 3 is 2.92 bits per heavy atom. The van der Waals surface area contributed by atoms with Crippen LogP contribution in [-0.4, -0.2) is 42.3 Å². The Morgan fingerprint density at radius 2 is 2.16 bits per heavy atom. The van der Waals surface area contributed by atoms with Gasteiger partial charge >= 0.3 is 5.97 Å². The fourth-order valence-corrected chi connectivity index (χ4v) is 2.86. The maximum Gasteiger partial charge on any atom is 0.335 e. The van der Waals surface area contributed by atoms with Gasteiger partial charge in [-0.25, -0.2) is 9.18 Å². The van der Waals surface area contributed by atoms with Gasteiger partial charge in [-0.2, -0.15) is 0 Å². The molecule has 25 heavy (non-hydrogen) atoms. The van der Waals surface area contributed by atoms with Gasteiger partial charge in [0.2, 0.25) is 0 Å². The molecule has 0 amide bonds. The molecule has 2 aromatic rings. The second kappa shape index (κ2) is 7.72. The summed E-state index contributed by atoms with van der Waals surface area (Å²) in [5.74, 6) is -0.320. The Bertz CT molecular complexity index is 784. The van der Waals surface area contributed by atoms with Crippen molar-refractivity contribution in [2.24, 2.45) is 0 Å². The van der Waals surface area contributed by atoms with E-state index in [1.807, 2.05) is 0 Å². The first-order valence-electron chi connectivity index (χ1n) is 7.82. The van der Waals surface area contributed by atoms with Crippen molar-refractivity contribution in [1.29, 1.82) is 0 Å². The van der Waals surface area contributed by atoms with Gasteiger partial charge < -0.3 is 14.6 Å². The molecule has 3 rings (SSSR count). The van der Waals surface area contributed by atoms with Crippen LogP contribution in [0.2, 0.25) is 5.02 Å². The van der Waals surface area contributed by atoms with Crippen LogP contribution >= 0.6 is 11.6 Å². The number of benzene rings is 2. The average Bonchev–Trinajstić information content (AvgIpc) is 2.77. The fourth-order valence-electron chi connectivity index (χ4n) is 2.62. The van der Waals surface area contributed by atoms with E-state index in [0.29, 0.717) is 44.3 Å². The molecule has 132 valence electrons. The second-order valence-electron chi connectivity index (χ2n) is 5.68. The minimum absolute atomic E-state index is 0.117. The van der Waals surface area contributed by atoms with Crippen LogP contribution in [0.4, 0.5) is 4.39 Å². The lowest BCUT2D eigenvalue weighted by Gasteiger charge is -2.19. The molecular formula is C18H17ClFNO4. The molecular weight excluding hydrogens is 349 g/mol. The number of fused-ring (bicyclic) bond motifs is 1. The van der Waals surface area contributed by atoms with Crippen LogP contribution in [0.5, 0.6) is 11.5 Å². The summed E-state index contributed by atoms with van der Waals surface area (Å²) in [5, 5.41) is 9.19. The molecule has 0 unspecified atom stereocenters. The third-order valence-electron chi connectivity index (χ3n) is 3.93. The highest BCUT2D eigenvalue weighted by atomic mass is 35.5. The Balaban J connectivity index is 1.57. The van der Waals surface area contributed by atoms with Crippen LogP contribution in [-0.2, 0) is 6.54 Å². The zero-order chi connectivity index (χ0) is 17.8. The van der Waals surface area contributed by atoms with Crippen molar-refractivity contribution in [2.75, 3.05) is 26.3 Å². The Morgan fingerprint density at radius 1 is 1.32 bits per heavy atom. The largest absolute Gasteiger partial charge is 0.492 e. The molecule has 0 bridgehead atoms. The standard InChI is InChI=1S/C18H17ClFNO4/c19-15-9-12(18(22)23)2-4-16(15)24-7-5-21-6-8-25-17-10-14(20)3-1-13(17)11-21/h1-4,9-10H,5-8,11H2,(H,22,23). The summed E-state index contributed by atoms with van der Waals surface area (Å²) < 4.78 is 24.5. The van der Waals surface area contributed by atoms with Gasteiger partial charge in [-0.3, -0.25) is 4.90 Å². The van der Waals surface area contributed by atoms with E-state index in [1.54, 1.807) is 12.1 Å². The number of carbonyl (C=O) groups is 1. The van der Waals surface area contributed by atoms with Crippen LogP contribution in [0.1, 0.15) is 15.9 Å². The van der Waals surface area contributed by atoms with Crippen molar-refractivity contribution in [3.05, 3.63) is 58.4 Å². The number of aromatic carboxylic acids is 1. The number of ether oxygens (including phenoxy) is 2. The number of halogens is 2. The molecule has 7 heteroatoms. The molecule has 0 aromatic heterocycles. The minimum atomic E-state index is -1.03. The summed E-state index contributed by atoms with van der Waals surface area (Å²) in [7, 11) is 0. The van der Waals surface area contributed by atoms with Crippen LogP contribution in [0.25, 0.3) is 0 Å². The predicted molar refractivity (Wildman–Crippen MR) is 91.1 cm³/mol. The monoisotopic (exact) mass is 365 g/mol. The maximum atomic E-state index is 13.3. The van der Waals surface area contributed by atoms with Crippen molar-refractivity contribution in [2.45, 2.75) is 6.54 Å². The lowest BCUT2D eigenvalue weighted by atomic mass is 10.2. The molecule has 0 saturated carbocycles. The van der Waals surface area contributed by atoms with Crippen LogP contribution in [0.3, 0.4) is 0 Å². The smallest absolute Gasteiger partial charge is 0.335 e. The summed E-state index contributed by atoms with van der Waals surface area (Å²) in [4.78, 5) is 13.0. The van der Waals surface area contributed by atoms with E-state index in [4.69, 9.17) is 26.2 Å². The molecule has 0 atom stereocenters. The van der Waals surface area contributed by atoms with Crippen LogP contribution in [0.15, 0.2) is 36.4 Å². The van der Waals surface area contributed by atoms with E-state index in [9.17, 15) is 9.18 Å². The molecule has 1 N–H and O–H groups in total. The van der Waals surface area contributed by atoms with Crippen molar-refractivity contribution >= 4 is 17.6 Å². The van der Waals surface area contributed by atoms with E-state index >= 15 is 0 Å². The van der Waals surface area contributed by atoms with Crippen molar-refractivity contribution < 1.29 is 23.8 Å². The summed E-state index contributed by atoms with van der Waals surface area (Å²) in [6, 6.07) is 8.92. The molecule has 0 spiro atoms. The van der Waals surface area contributed by atoms with Gasteiger partial charge in [-0.1, -0.05) is 17.7 Å². The molecule has 1 aliphatic rings. The fraction of sp³-hybridized carbons (Fsp3) is 0.278. The number of carboxylic acid groups (broad SMARTS) is 1. The number of rotatable bonds is 5. The minimum Gasteiger partial charge on any atom is -0.492 e. The Hall–Kier alpha value is -2.31. The first-order valence-corrected chi connectivity index (χ1v) is 8.20. The van der Waals surface area contributed by atoms with Gasteiger partial charge in [0.1, 0.15) is 30.5 Å². The van der Waals surface area contributed by atoms with E-state index in [2.05, 4.69) is 4.90 Å². The predicted octanol–water partition coefficient (Wildman–Crippen LogP) is 3.45. The van der Waals surface area contributed by atoms with Gasteiger partial charge in [0.15, 0.2) is 0 Å². The molecule has 0 radical (unpaired) electrons. The van der Waals surface area contributed by atoms with Gasteiger partial charge in [0.25, 0.3) is 0 Å². The topological polar surface area (TPSA) is 59.0 Å². The van der Waals surface area contributed by atoms with E-state index in [1.165, 1.54) is 24.3 Å². The van der Waals surface area contributed by atoms with Crippen molar-refractivity contribution in [3.63, 3.8) is 0 Å².